The molecule has 0 aliphatic heterocycles. The monoisotopic (exact) mass is 389 g/mol. The standard InChI is InChI=1S/C22H19N3O2S/c26-22(25-27)20-13-18-12-16(6-8-19(18)28-20)17-7-9-21(24-14-17)23-11-10-15-4-2-1-3-5-15/h1-9,12-14,27H,10-11H2,(H,23,24)(H,25,26). The van der Waals surface area contributed by atoms with E-state index < -0.39 is 5.91 Å². The number of carbonyl (C=O) groups is 1. The van der Waals surface area contributed by atoms with Gasteiger partial charge in [-0.05, 0) is 53.3 Å². The van der Waals surface area contributed by atoms with Crippen molar-refractivity contribution < 1.29 is 10.0 Å². The first kappa shape index (κ1) is 18.2. The number of fused-ring (bicyclic) bond motifs is 1. The molecular weight excluding hydrogens is 370 g/mol. The molecule has 0 unspecified atom stereocenters. The molecule has 3 N–H and O–H groups in total. The molecule has 4 aromatic rings. The number of benzene rings is 2. The van der Waals surface area contributed by atoms with Gasteiger partial charge in [0.15, 0.2) is 0 Å². The molecule has 0 fully saturated rings. The molecule has 0 spiro atoms. The van der Waals surface area contributed by atoms with E-state index in [0.717, 1.165) is 40.0 Å². The fourth-order valence-corrected chi connectivity index (χ4v) is 3.97. The minimum absolute atomic E-state index is 0.478. The van der Waals surface area contributed by atoms with E-state index in [0.29, 0.717) is 4.88 Å². The van der Waals surface area contributed by atoms with Gasteiger partial charge in [0.05, 0.1) is 4.88 Å². The summed E-state index contributed by atoms with van der Waals surface area (Å²) in [5.41, 5.74) is 5.01. The van der Waals surface area contributed by atoms with Gasteiger partial charge >= 0.3 is 0 Å². The van der Waals surface area contributed by atoms with Crippen LogP contribution in [0.2, 0.25) is 0 Å². The van der Waals surface area contributed by atoms with Crippen molar-refractivity contribution in [2.45, 2.75) is 6.42 Å². The Labute approximate surface area is 166 Å². The van der Waals surface area contributed by atoms with Crippen LogP contribution in [0.3, 0.4) is 0 Å². The van der Waals surface area contributed by atoms with Gasteiger partial charge < -0.3 is 5.32 Å². The lowest BCUT2D eigenvalue weighted by atomic mass is 10.1. The number of hydrogen-bond donors (Lipinski definition) is 3. The van der Waals surface area contributed by atoms with Crippen LogP contribution in [-0.2, 0) is 6.42 Å². The minimum atomic E-state index is -0.490. The van der Waals surface area contributed by atoms with Gasteiger partial charge in [0.25, 0.3) is 5.91 Å². The van der Waals surface area contributed by atoms with Crippen LogP contribution < -0.4 is 10.8 Å². The first-order chi connectivity index (χ1) is 13.7. The molecule has 0 aliphatic carbocycles. The third-order valence-corrected chi connectivity index (χ3v) is 5.62. The van der Waals surface area contributed by atoms with Crippen LogP contribution in [-0.4, -0.2) is 22.6 Å². The molecule has 0 radical (unpaired) electrons. The summed E-state index contributed by atoms with van der Waals surface area (Å²) in [4.78, 5) is 16.6. The molecular formula is C22H19N3O2S. The molecule has 5 nitrogen and oxygen atoms in total. The van der Waals surface area contributed by atoms with Gasteiger partial charge in [-0.1, -0.05) is 36.4 Å². The highest BCUT2D eigenvalue weighted by Gasteiger charge is 2.10. The molecule has 28 heavy (non-hydrogen) atoms. The molecule has 2 heterocycles. The van der Waals surface area contributed by atoms with Crippen LogP contribution in [0.1, 0.15) is 15.2 Å². The van der Waals surface area contributed by atoms with E-state index in [4.69, 9.17) is 5.21 Å². The van der Waals surface area contributed by atoms with Crippen LogP contribution in [0.25, 0.3) is 21.2 Å². The van der Waals surface area contributed by atoms with E-state index >= 15 is 0 Å². The third-order valence-electron chi connectivity index (χ3n) is 4.50. The van der Waals surface area contributed by atoms with E-state index in [1.807, 2.05) is 54.7 Å². The number of amides is 1. The summed E-state index contributed by atoms with van der Waals surface area (Å²) in [7, 11) is 0. The van der Waals surface area contributed by atoms with Crippen LogP contribution in [0.15, 0.2) is 72.9 Å². The molecule has 0 atom stereocenters. The number of thiophene rings is 1. The normalized spacial score (nSPS) is 10.8. The maximum atomic E-state index is 11.6. The fourth-order valence-electron chi connectivity index (χ4n) is 3.04. The predicted molar refractivity (Wildman–Crippen MR) is 113 cm³/mol. The van der Waals surface area contributed by atoms with Crippen LogP contribution >= 0.6 is 11.3 Å². The molecule has 0 aliphatic rings. The summed E-state index contributed by atoms with van der Waals surface area (Å²) < 4.78 is 0.995. The number of pyridine rings is 1. The molecule has 2 aromatic carbocycles. The first-order valence-corrected chi connectivity index (χ1v) is 9.77. The van der Waals surface area contributed by atoms with E-state index in [9.17, 15) is 4.79 Å². The fraction of sp³-hybridized carbons (Fsp3) is 0.0909. The Morgan fingerprint density at radius 2 is 1.82 bits per heavy atom. The summed E-state index contributed by atoms with van der Waals surface area (Å²) in [6, 6.07) is 22.2. The lowest BCUT2D eigenvalue weighted by Gasteiger charge is -2.07. The highest BCUT2D eigenvalue weighted by atomic mass is 32.1. The zero-order valence-electron chi connectivity index (χ0n) is 15.1. The first-order valence-electron chi connectivity index (χ1n) is 8.95. The molecule has 2 aromatic heterocycles. The van der Waals surface area contributed by atoms with Crippen molar-refractivity contribution in [3.8, 4) is 11.1 Å². The average molecular weight is 389 g/mol. The van der Waals surface area contributed by atoms with Gasteiger partial charge in [-0.3, -0.25) is 10.0 Å². The number of nitrogens with one attached hydrogen (secondary N) is 2. The summed E-state index contributed by atoms with van der Waals surface area (Å²) in [6.07, 6.45) is 2.79. The van der Waals surface area contributed by atoms with Gasteiger partial charge in [-0.2, -0.15) is 0 Å². The van der Waals surface area contributed by atoms with E-state index in [1.165, 1.54) is 16.9 Å². The van der Waals surface area contributed by atoms with Crippen molar-refractivity contribution in [1.82, 2.24) is 10.5 Å². The topological polar surface area (TPSA) is 74.2 Å². The van der Waals surface area contributed by atoms with E-state index in [1.54, 1.807) is 11.5 Å². The van der Waals surface area contributed by atoms with Gasteiger partial charge in [0.2, 0.25) is 0 Å². The minimum Gasteiger partial charge on any atom is -0.370 e. The number of carbonyl (C=O) groups excluding carboxylic acids is 1. The van der Waals surface area contributed by atoms with Crippen molar-refractivity contribution in [1.29, 1.82) is 0 Å². The predicted octanol–water partition coefficient (Wildman–Crippen LogP) is 4.74. The quantitative estimate of drug-likeness (QED) is 0.329. The second-order valence-corrected chi connectivity index (χ2v) is 7.48. The summed E-state index contributed by atoms with van der Waals surface area (Å²) in [6.45, 7) is 0.826. The second kappa shape index (κ2) is 8.21. The van der Waals surface area contributed by atoms with Crippen molar-refractivity contribution in [2.75, 3.05) is 11.9 Å². The number of rotatable bonds is 6. The Morgan fingerprint density at radius 3 is 2.57 bits per heavy atom. The Balaban J connectivity index is 1.45. The van der Waals surface area contributed by atoms with E-state index in [2.05, 4.69) is 22.4 Å². The Hall–Kier alpha value is -3.22. The SMILES string of the molecule is O=C(NO)c1cc2cc(-c3ccc(NCCc4ccccc4)nc3)ccc2s1. The lowest BCUT2D eigenvalue weighted by Crippen LogP contribution is -2.16. The summed E-state index contributed by atoms with van der Waals surface area (Å²) >= 11 is 1.35. The van der Waals surface area contributed by atoms with Gasteiger partial charge in [-0.15, -0.1) is 11.3 Å². The highest BCUT2D eigenvalue weighted by Crippen LogP contribution is 2.30. The third kappa shape index (κ3) is 4.03. The lowest BCUT2D eigenvalue weighted by molar-refractivity contribution is 0.0711. The summed E-state index contributed by atoms with van der Waals surface area (Å²) in [5, 5.41) is 13.1. The Morgan fingerprint density at radius 1 is 1.00 bits per heavy atom. The second-order valence-electron chi connectivity index (χ2n) is 6.40. The van der Waals surface area contributed by atoms with Gasteiger partial charge in [-0.25, -0.2) is 10.5 Å². The maximum absolute atomic E-state index is 11.6. The van der Waals surface area contributed by atoms with E-state index in [-0.39, 0.29) is 0 Å². The number of aromatic nitrogens is 1. The number of hydroxylamine groups is 1. The number of anilines is 1. The molecule has 0 saturated carbocycles. The molecule has 140 valence electrons. The summed E-state index contributed by atoms with van der Waals surface area (Å²) in [5.74, 6) is 0.355. The van der Waals surface area contributed by atoms with Crippen molar-refractivity contribution in [2.24, 2.45) is 0 Å². The average Bonchev–Trinajstić information content (AvgIpc) is 3.18. The largest absolute Gasteiger partial charge is 0.370 e. The Kier molecular flexibility index (Phi) is 5.32. The zero-order valence-corrected chi connectivity index (χ0v) is 15.9. The maximum Gasteiger partial charge on any atom is 0.284 e. The van der Waals surface area contributed by atoms with Crippen LogP contribution in [0.5, 0.6) is 0 Å². The van der Waals surface area contributed by atoms with Crippen LogP contribution in [0, 0.1) is 0 Å². The Bertz CT molecular complexity index is 1090. The van der Waals surface area contributed by atoms with Gasteiger partial charge in [0, 0.05) is 23.0 Å². The molecule has 0 saturated heterocycles. The van der Waals surface area contributed by atoms with Crippen LogP contribution in [0.4, 0.5) is 5.82 Å². The van der Waals surface area contributed by atoms with Gasteiger partial charge in [0.1, 0.15) is 5.82 Å². The molecule has 4 rings (SSSR count). The smallest absolute Gasteiger partial charge is 0.284 e. The molecule has 1 amide bonds. The zero-order chi connectivity index (χ0) is 19.3. The number of nitrogens with zero attached hydrogens (tertiary/aromatic N) is 1. The molecule has 6 heteroatoms. The molecule has 0 bridgehead atoms. The number of hydrogen-bond acceptors (Lipinski definition) is 5. The van der Waals surface area contributed by atoms with Crippen molar-refractivity contribution >= 4 is 33.1 Å². The van der Waals surface area contributed by atoms with Crippen molar-refractivity contribution in [3.05, 3.63) is 83.4 Å². The highest BCUT2D eigenvalue weighted by molar-refractivity contribution is 7.20. The van der Waals surface area contributed by atoms with Crippen molar-refractivity contribution in [3.63, 3.8) is 0 Å².